The summed E-state index contributed by atoms with van der Waals surface area (Å²) in [5.41, 5.74) is 3.55. The van der Waals surface area contributed by atoms with E-state index >= 15 is 0 Å². The van der Waals surface area contributed by atoms with Gasteiger partial charge in [-0.15, -0.1) is 0 Å². The highest BCUT2D eigenvalue weighted by Gasteiger charge is 2.34. The van der Waals surface area contributed by atoms with E-state index in [0.29, 0.717) is 11.3 Å². The van der Waals surface area contributed by atoms with Crippen molar-refractivity contribution in [1.29, 1.82) is 0 Å². The number of nitro benzene ring substituents is 1. The maximum atomic E-state index is 12.0. The molecule has 1 atom stereocenters. The lowest BCUT2D eigenvalue weighted by molar-refractivity contribution is -0.384. The van der Waals surface area contributed by atoms with Crippen molar-refractivity contribution in [1.82, 2.24) is 10.3 Å². The molecule has 1 aliphatic rings. The summed E-state index contributed by atoms with van der Waals surface area (Å²) in [6.45, 7) is 5.77. The summed E-state index contributed by atoms with van der Waals surface area (Å²) in [5, 5.41) is 32.2. The molecule has 0 aliphatic carbocycles. The highest BCUT2D eigenvalue weighted by molar-refractivity contribution is 5.96. The minimum absolute atomic E-state index is 0.0739. The number of rotatable bonds is 6. The number of nitrogens with one attached hydrogen (secondary N) is 1. The minimum Gasteiger partial charge on any atom is -0.478 e. The third kappa shape index (κ3) is 5.89. The van der Waals surface area contributed by atoms with Gasteiger partial charge in [-0.3, -0.25) is 15.1 Å². The number of dihydropyridines is 1. The van der Waals surface area contributed by atoms with Crippen molar-refractivity contribution in [3.8, 4) is 0 Å². The lowest BCUT2D eigenvalue weighted by atomic mass is 9.78. The molecule has 2 heterocycles. The summed E-state index contributed by atoms with van der Waals surface area (Å²) in [6.07, 6.45) is 7.94. The Bertz CT molecular complexity index is 1050. The predicted molar refractivity (Wildman–Crippen MR) is 123 cm³/mol. The molecule has 1 aromatic carbocycles. The van der Waals surface area contributed by atoms with E-state index in [1.807, 2.05) is 19.9 Å². The van der Waals surface area contributed by atoms with Crippen LogP contribution < -0.4 is 5.32 Å². The number of carboxylic acid groups (broad SMARTS) is 1. The maximum absolute atomic E-state index is 12.0. The van der Waals surface area contributed by atoms with E-state index in [9.17, 15) is 20.0 Å². The quantitative estimate of drug-likeness (QED) is 0.347. The molecule has 3 N–H and O–H groups in total. The third-order valence-corrected chi connectivity index (χ3v) is 4.90. The van der Waals surface area contributed by atoms with Crippen LogP contribution in [-0.4, -0.2) is 32.7 Å². The SMILES string of the molecule is CC1=C(C(=O)O)C(c2cccc([N+](=O)[O-])c2)C(c2ccncc2)=C(C)N1.CCC=CCO. The van der Waals surface area contributed by atoms with Gasteiger partial charge in [0.15, 0.2) is 0 Å². The van der Waals surface area contributed by atoms with Gasteiger partial charge in [-0.1, -0.05) is 31.2 Å². The molecule has 8 nitrogen and oxygen atoms in total. The van der Waals surface area contributed by atoms with Gasteiger partial charge in [0.25, 0.3) is 5.69 Å². The Balaban J connectivity index is 0.000000534. The molecule has 8 heteroatoms. The molecule has 0 radical (unpaired) electrons. The van der Waals surface area contributed by atoms with Crippen LogP contribution in [0.3, 0.4) is 0 Å². The van der Waals surface area contributed by atoms with Crippen molar-refractivity contribution in [2.75, 3.05) is 6.61 Å². The minimum atomic E-state index is -1.06. The van der Waals surface area contributed by atoms with Crippen LogP contribution in [-0.2, 0) is 4.79 Å². The van der Waals surface area contributed by atoms with Crippen molar-refractivity contribution in [3.63, 3.8) is 0 Å². The van der Waals surface area contributed by atoms with Crippen molar-refractivity contribution in [3.05, 3.63) is 99.2 Å². The van der Waals surface area contributed by atoms with Gasteiger partial charge in [-0.2, -0.15) is 0 Å². The number of nitro groups is 1. The van der Waals surface area contributed by atoms with Gasteiger partial charge in [-0.25, -0.2) is 4.79 Å². The first-order valence-corrected chi connectivity index (χ1v) is 10.1. The summed E-state index contributed by atoms with van der Waals surface area (Å²) >= 11 is 0. The van der Waals surface area contributed by atoms with Crippen LogP contribution in [0.4, 0.5) is 5.69 Å². The van der Waals surface area contributed by atoms with Crippen LogP contribution in [0.25, 0.3) is 5.57 Å². The molecule has 1 unspecified atom stereocenters. The number of aliphatic hydroxyl groups excluding tert-OH is 1. The Morgan fingerprint density at radius 2 is 1.88 bits per heavy atom. The molecule has 0 bridgehead atoms. The molecule has 168 valence electrons. The van der Waals surface area contributed by atoms with Gasteiger partial charge in [0.1, 0.15) is 0 Å². The first kappa shape index (κ1) is 24.5. The largest absolute Gasteiger partial charge is 0.478 e. The fraction of sp³-hybridized carbons (Fsp3) is 0.250. The summed E-state index contributed by atoms with van der Waals surface area (Å²) < 4.78 is 0. The van der Waals surface area contributed by atoms with Crippen LogP contribution in [0.1, 0.15) is 44.2 Å². The van der Waals surface area contributed by atoms with Gasteiger partial charge in [0.05, 0.1) is 17.1 Å². The van der Waals surface area contributed by atoms with Crippen molar-refractivity contribution in [2.45, 2.75) is 33.1 Å². The summed E-state index contributed by atoms with van der Waals surface area (Å²) in [6, 6.07) is 9.71. The molecule has 0 amide bonds. The van der Waals surface area contributed by atoms with Gasteiger partial charge in [-0.05, 0) is 49.1 Å². The molecule has 0 spiro atoms. The highest BCUT2D eigenvalue weighted by atomic mass is 16.6. The summed E-state index contributed by atoms with van der Waals surface area (Å²) in [7, 11) is 0. The Kier molecular flexibility index (Phi) is 8.85. The lowest BCUT2D eigenvalue weighted by Crippen LogP contribution is -2.27. The summed E-state index contributed by atoms with van der Waals surface area (Å²) in [5.74, 6) is -1.69. The number of carboxylic acids is 1. The third-order valence-electron chi connectivity index (χ3n) is 4.90. The number of non-ortho nitro benzene ring substituents is 1. The smallest absolute Gasteiger partial charge is 0.334 e. The Labute approximate surface area is 186 Å². The maximum Gasteiger partial charge on any atom is 0.334 e. The van der Waals surface area contributed by atoms with Crippen molar-refractivity contribution >= 4 is 17.2 Å². The zero-order valence-electron chi connectivity index (χ0n) is 18.3. The Hall–Kier alpha value is -3.78. The average molecular weight is 437 g/mol. The van der Waals surface area contributed by atoms with Crippen LogP contribution in [0.5, 0.6) is 0 Å². The molecule has 1 aliphatic heterocycles. The molecule has 0 saturated carbocycles. The average Bonchev–Trinajstić information content (AvgIpc) is 2.78. The van der Waals surface area contributed by atoms with Gasteiger partial charge in [0.2, 0.25) is 0 Å². The zero-order valence-corrected chi connectivity index (χ0v) is 18.3. The van der Waals surface area contributed by atoms with E-state index in [0.717, 1.165) is 23.3 Å². The number of hydrogen-bond acceptors (Lipinski definition) is 6. The van der Waals surface area contributed by atoms with E-state index in [4.69, 9.17) is 5.11 Å². The fourth-order valence-corrected chi connectivity index (χ4v) is 3.58. The second-order valence-electron chi connectivity index (χ2n) is 7.09. The van der Waals surface area contributed by atoms with Crippen LogP contribution in [0.15, 0.2) is 77.9 Å². The van der Waals surface area contributed by atoms with Crippen molar-refractivity contribution < 1.29 is 19.9 Å². The topological polar surface area (TPSA) is 126 Å². The Morgan fingerprint density at radius 3 is 2.41 bits per heavy atom. The van der Waals surface area contributed by atoms with E-state index in [1.54, 1.807) is 49.7 Å². The van der Waals surface area contributed by atoms with Crippen LogP contribution in [0, 0.1) is 10.1 Å². The summed E-state index contributed by atoms with van der Waals surface area (Å²) in [4.78, 5) is 26.7. The lowest BCUT2D eigenvalue weighted by Gasteiger charge is -2.31. The normalized spacial score (nSPS) is 15.8. The number of benzene rings is 1. The van der Waals surface area contributed by atoms with Gasteiger partial charge in [0, 0.05) is 41.8 Å². The Morgan fingerprint density at radius 1 is 1.19 bits per heavy atom. The fourth-order valence-electron chi connectivity index (χ4n) is 3.58. The first-order chi connectivity index (χ1) is 15.3. The van der Waals surface area contributed by atoms with Crippen LogP contribution >= 0.6 is 0 Å². The van der Waals surface area contributed by atoms with E-state index in [1.165, 1.54) is 12.1 Å². The number of hydrogen-bond donors (Lipinski definition) is 3. The second kappa shape index (κ2) is 11.6. The molecular formula is C24H27N3O5. The first-order valence-electron chi connectivity index (χ1n) is 10.1. The molecule has 0 saturated heterocycles. The van der Waals surface area contributed by atoms with Crippen LogP contribution in [0.2, 0.25) is 0 Å². The molecular weight excluding hydrogens is 410 g/mol. The standard InChI is InChI=1S/C19H17N3O4.C5H10O/c1-11-16(13-6-8-20-9-7-13)18(17(19(23)24)12(2)21-11)14-4-3-5-15(10-14)22(25)26;1-2-3-4-5-6/h3-10,18,21H,1-2H3,(H,23,24);3-4,6H,2,5H2,1H3. The number of aliphatic hydroxyl groups is 1. The molecule has 0 fully saturated rings. The monoisotopic (exact) mass is 437 g/mol. The molecule has 1 aromatic heterocycles. The molecule has 32 heavy (non-hydrogen) atoms. The van der Waals surface area contributed by atoms with E-state index in [2.05, 4.69) is 10.3 Å². The van der Waals surface area contributed by atoms with E-state index < -0.39 is 16.8 Å². The predicted octanol–water partition coefficient (Wildman–Crippen LogP) is 4.41. The molecule has 3 rings (SSSR count). The highest BCUT2D eigenvalue weighted by Crippen LogP contribution is 2.43. The number of aliphatic carboxylic acids is 1. The number of allylic oxidation sites excluding steroid dienone is 4. The van der Waals surface area contributed by atoms with Crippen molar-refractivity contribution in [2.24, 2.45) is 0 Å². The van der Waals surface area contributed by atoms with E-state index in [-0.39, 0.29) is 17.9 Å². The van der Waals surface area contributed by atoms with Gasteiger partial charge < -0.3 is 15.5 Å². The van der Waals surface area contributed by atoms with Gasteiger partial charge >= 0.3 is 5.97 Å². The molecule has 2 aromatic rings. The number of nitrogens with zero attached hydrogens (tertiary/aromatic N) is 2. The zero-order chi connectivity index (χ0) is 23.7. The number of carbonyl (C=O) groups is 1. The number of pyridine rings is 1. The second-order valence-corrected chi connectivity index (χ2v) is 7.09. The number of aromatic nitrogens is 1.